The third-order valence-electron chi connectivity index (χ3n) is 13.6. The molecule has 0 spiro atoms. The van der Waals surface area contributed by atoms with E-state index < -0.39 is 0 Å². The average Bonchev–Trinajstić information content (AvgIpc) is 3.98. The van der Waals surface area contributed by atoms with E-state index in [0.717, 1.165) is 33.7 Å². The zero-order chi connectivity index (χ0) is 41.1. The van der Waals surface area contributed by atoms with Crippen molar-refractivity contribution in [2.24, 2.45) is 0 Å². The SMILES string of the molecule is CC(C)(C)c1cc(N(c2ccccc2)c2ccccc2)c2c(c1)c1cc(C(C)(C)C)cc3c4nc5c(cc4n2c13)c1cc2ccccc2c2c3ccc4ccccc4c3n5c12. The third kappa shape index (κ3) is 4.62. The maximum atomic E-state index is 5.91. The summed E-state index contributed by atoms with van der Waals surface area (Å²) in [6.07, 6.45) is 0. The summed E-state index contributed by atoms with van der Waals surface area (Å²) in [6.45, 7) is 14.0. The van der Waals surface area contributed by atoms with E-state index in [1.54, 1.807) is 0 Å². The lowest BCUT2D eigenvalue weighted by molar-refractivity contribution is 0.591. The van der Waals surface area contributed by atoms with Crippen LogP contribution < -0.4 is 4.90 Å². The Morgan fingerprint density at radius 2 is 0.967 bits per heavy atom. The van der Waals surface area contributed by atoms with Crippen molar-refractivity contribution in [1.82, 2.24) is 13.8 Å². The van der Waals surface area contributed by atoms with Crippen molar-refractivity contribution in [2.45, 2.75) is 52.4 Å². The minimum atomic E-state index is -0.0901. The lowest BCUT2D eigenvalue weighted by Gasteiger charge is -2.29. The van der Waals surface area contributed by atoms with Gasteiger partial charge in [0.1, 0.15) is 5.65 Å². The van der Waals surface area contributed by atoms with Gasteiger partial charge in [0.05, 0.1) is 38.8 Å². The molecule has 61 heavy (non-hydrogen) atoms. The zero-order valence-electron chi connectivity index (χ0n) is 35.3. The molecule has 4 nitrogen and oxygen atoms in total. The monoisotopic (exact) mass is 784 g/mol. The Kier molecular flexibility index (Phi) is 6.69. The normalized spacial score (nSPS) is 13.1. The Bertz CT molecular complexity index is 3890. The highest BCUT2D eigenvalue weighted by Gasteiger charge is 2.30. The van der Waals surface area contributed by atoms with Gasteiger partial charge < -0.3 is 9.30 Å². The molecule has 0 atom stereocenters. The topological polar surface area (TPSA) is 25.0 Å². The van der Waals surface area contributed by atoms with E-state index in [9.17, 15) is 0 Å². The van der Waals surface area contributed by atoms with Crippen molar-refractivity contribution >= 4 is 115 Å². The van der Waals surface area contributed by atoms with Gasteiger partial charge in [0, 0.05) is 54.5 Å². The van der Waals surface area contributed by atoms with Crippen molar-refractivity contribution < 1.29 is 0 Å². The van der Waals surface area contributed by atoms with E-state index in [1.807, 2.05) is 0 Å². The van der Waals surface area contributed by atoms with Crippen LogP contribution in [0.5, 0.6) is 0 Å². The van der Waals surface area contributed by atoms with Crippen LogP contribution in [0.25, 0.3) is 98.0 Å². The van der Waals surface area contributed by atoms with Gasteiger partial charge in [0.2, 0.25) is 0 Å². The molecule has 0 bridgehead atoms. The molecular weight excluding hydrogens is 741 g/mol. The maximum absolute atomic E-state index is 5.91. The standard InChI is InChI=1S/C57H44N4/c1-56(2,3)35-28-43-44-29-36(57(4,5)6)31-48(59(37-19-9-7-10-20-37)38-21-11-8-12-22-38)53(44)60-47-32-45-42-27-34-18-14-15-23-39(34)49-41-26-25-33-17-13-16-24-40(33)51(41)61(54(42)49)55(45)58-50(47)46(30-35)52(43)60/h7-32H,1-6H3. The van der Waals surface area contributed by atoms with E-state index in [-0.39, 0.29) is 10.8 Å². The minimum absolute atomic E-state index is 0.0821. The fourth-order valence-corrected chi connectivity index (χ4v) is 10.6. The van der Waals surface area contributed by atoms with Gasteiger partial charge in [-0.3, -0.25) is 4.40 Å². The molecular formula is C57H44N4. The molecule has 5 aromatic heterocycles. The van der Waals surface area contributed by atoms with Crippen LogP contribution in [0.1, 0.15) is 52.7 Å². The van der Waals surface area contributed by atoms with Crippen LogP contribution in [-0.4, -0.2) is 13.8 Å². The summed E-state index contributed by atoms with van der Waals surface area (Å²) >= 11 is 0. The van der Waals surface area contributed by atoms with Gasteiger partial charge >= 0.3 is 0 Å². The third-order valence-corrected chi connectivity index (χ3v) is 13.6. The van der Waals surface area contributed by atoms with Crippen molar-refractivity contribution in [3.8, 4) is 0 Å². The number of hydrogen-bond acceptors (Lipinski definition) is 2. The summed E-state index contributed by atoms with van der Waals surface area (Å²) in [6, 6.07) is 58.7. The first kappa shape index (κ1) is 34.7. The van der Waals surface area contributed by atoms with Crippen molar-refractivity contribution in [1.29, 1.82) is 0 Å². The van der Waals surface area contributed by atoms with Crippen LogP contribution >= 0.6 is 0 Å². The number of pyridine rings is 1. The number of para-hydroxylation sites is 2. The molecule has 292 valence electrons. The van der Waals surface area contributed by atoms with Crippen LogP contribution in [0, 0.1) is 0 Å². The van der Waals surface area contributed by atoms with Gasteiger partial charge in [0.25, 0.3) is 0 Å². The molecule has 13 aromatic rings. The van der Waals surface area contributed by atoms with Gasteiger partial charge in [-0.25, -0.2) is 4.98 Å². The smallest absolute Gasteiger partial charge is 0.146 e. The second-order valence-corrected chi connectivity index (χ2v) is 19.3. The Morgan fingerprint density at radius 3 is 1.66 bits per heavy atom. The molecule has 13 rings (SSSR count). The number of fused-ring (bicyclic) bond motifs is 16. The van der Waals surface area contributed by atoms with Gasteiger partial charge in [-0.05, 0) is 98.8 Å². The molecule has 8 aromatic carbocycles. The maximum Gasteiger partial charge on any atom is 0.146 e. The largest absolute Gasteiger partial charge is 0.308 e. The summed E-state index contributed by atoms with van der Waals surface area (Å²) in [7, 11) is 0. The molecule has 4 heteroatoms. The van der Waals surface area contributed by atoms with Crippen LogP contribution in [-0.2, 0) is 10.8 Å². The minimum Gasteiger partial charge on any atom is -0.308 e. The quantitative estimate of drug-likeness (QED) is 0.178. The molecule has 0 amide bonds. The number of nitrogens with zero attached hydrogens (tertiary/aromatic N) is 4. The van der Waals surface area contributed by atoms with Gasteiger partial charge in [-0.2, -0.15) is 0 Å². The zero-order valence-corrected chi connectivity index (χ0v) is 35.3. The number of hydrogen-bond donors (Lipinski definition) is 0. The molecule has 0 fully saturated rings. The summed E-state index contributed by atoms with van der Waals surface area (Å²) in [5.74, 6) is 0. The van der Waals surface area contributed by atoms with Crippen LogP contribution in [0.4, 0.5) is 17.1 Å². The fraction of sp³-hybridized carbons (Fsp3) is 0.140. The molecule has 0 saturated carbocycles. The van der Waals surface area contributed by atoms with E-state index in [1.165, 1.54) is 92.4 Å². The van der Waals surface area contributed by atoms with Crippen molar-refractivity contribution in [2.75, 3.05) is 4.90 Å². The lowest BCUT2D eigenvalue weighted by atomic mass is 9.84. The summed E-state index contributed by atoms with van der Waals surface area (Å²) in [5.41, 5.74) is 13.9. The van der Waals surface area contributed by atoms with Gasteiger partial charge in [-0.15, -0.1) is 0 Å². The Morgan fingerprint density at radius 1 is 0.410 bits per heavy atom. The van der Waals surface area contributed by atoms with Crippen LogP contribution in [0.15, 0.2) is 158 Å². The lowest BCUT2D eigenvalue weighted by Crippen LogP contribution is -2.15. The molecule has 0 radical (unpaired) electrons. The second kappa shape index (κ2) is 11.8. The number of rotatable bonds is 3. The van der Waals surface area contributed by atoms with E-state index in [4.69, 9.17) is 4.98 Å². The highest BCUT2D eigenvalue weighted by molar-refractivity contribution is 6.35. The Labute approximate surface area is 353 Å². The predicted molar refractivity (Wildman–Crippen MR) is 261 cm³/mol. The van der Waals surface area contributed by atoms with Crippen LogP contribution in [0.2, 0.25) is 0 Å². The van der Waals surface area contributed by atoms with E-state index >= 15 is 0 Å². The van der Waals surface area contributed by atoms with Gasteiger partial charge in [0.15, 0.2) is 0 Å². The van der Waals surface area contributed by atoms with E-state index in [0.29, 0.717) is 0 Å². The first-order valence-electron chi connectivity index (χ1n) is 21.6. The molecule has 0 aliphatic carbocycles. The molecule has 0 N–H and O–H groups in total. The highest BCUT2D eigenvalue weighted by Crippen LogP contribution is 2.50. The number of aromatic nitrogens is 3. The molecule has 0 saturated heterocycles. The molecule has 0 aliphatic rings. The molecule has 5 heterocycles. The predicted octanol–water partition coefficient (Wildman–Crippen LogP) is 15.8. The van der Waals surface area contributed by atoms with Crippen LogP contribution in [0.3, 0.4) is 0 Å². The average molecular weight is 785 g/mol. The number of anilines is 3. The Balaban J connectivity index is 1.28. The van der Waals surface area contributed by atoms with Crippen molar-refractivity contribution in [3.05, 3.63) is 169 Å². The number of benzene rings is 8. The molecule has 0 aliphatic heterocycles. The van der Waals surface area contributed by atoms with Gasteiger partial charge in [-0.1, -0.05) is 139 Å². The summed E-state index contributed by atoms with van der Waals surface area (Å²) in [4.78, 5) is 8.37. The second-order valence-electron chi connectivity index (χ2n) is 19.3. The first-order chi connectivity index (χ1) is 29.5. The summed E-state index contributed by atoms with van der Waals surface area (Å²) in [5, 5.41) is 13.7. The first-order valence-corrected chi connectivity index (χ1v) is 21.6. The Hall–Kier alpha value is -7.17. The fourth-order valence-electron chi connectivity index (χ4n) is 10.6. The highest BCUT2D eigenvalue weighted by atomic mass is 15.2. The van der Waals surface area contributed by atoms with E-state index in [2.05, 4.69) is 213 Å². The summed E-state index contributed by atoms with van der Waals surface area (Å²) < 4.78 is 5.06. The molecule has 0 unspecified atom stereocenters. The van der Waals surface area contributed by atoms with Crippen molar-refractivity contribution in [3.63, 3.8) is 0 Å².